The highest BCUT2D eigenvalue weighted by Crippen LogP contribution is 2.12. The standard InChI is InChI=1S/C14H16N4O/c1-16(2)9-10-18-11-5-3-7-15-13(11)17-8-4-6-12(17)14(18)19/h3-8H,9-10H2,1-2H3. The Morgan fingerprint density at radius 3 is 2.79 bits per heavy atom. The largest absolute Gasteiger partial charge is 0.308 e. The van der Waals surface area contributed by atoms with E-state index < -0.39 is 0 Å². The summed E-state index contributed by atoms with van der Waals surface area (Å²) in [4.78, 5) is 19.0. The molecule has 0 saturated carbocycles. The van der Waals surface area contributed by atoms with Gasteiger partial charge in [0.25, 0.3) is 5.56 Å². The third-order valence-corrected chi connectivity index (χ3v) is 3.27. The van der Waals surface area contributed by atoms with Gasteiger partial charge in [0.2, 0.25) is 0 Å². The number of nitrogens with zero attached hydrogens (tertiary/aromatic N) is 4. The van der Waals surface area contributed by atoms with Crippen LogP contribution in [0.3, 0.4) is 0 Å². The topological polar surface area (TPSA) is 42.5 Å². The van der Waals surface area contributed by atoms with Crippen LogP contribution < -0.4 is 5.56 Å². The summed E-state index contributed by atoms with van der Waals surface area (Å²) < 4.78 is 3.65. The van der Waals surface area contributed by atoms with Crippen LogP contribution in [0.4, 0.5) is 0 Å². The lowest BCUT2D eigenvalue weighted by molar-refractivity contribution is 0.384. The van der Waals surface area contributed by atoms with Gasteiger partial charge >= 0.3 is 0 Å². The Balaban J connectivity index is 2.32. The van der Waals surface area contributed by atoms with Crippen LogP contribution in [0.15, 0.2) is 41.5 Å². The molecule has 0 aromatic carbocycles. The molecule has 0 aliphatic carbocycles. The maximum absolute atomic E-state index is 12.5. The van der Waals surface area contributed by atoms with E-state index in [1.165, 1.54) is 0 Å². The third-order valence-electron chi connectivity index (χ3n) is 3.27. The van der Waals surface area contributed by atoms with Crippen LogP contribution in [0, 0.1) is 0 Å². The van der Waals surface area contributed by atoms with Gasteiger partial charge < -0.3 is 9.47 Å². The lowest BCUT2D eigenvalue weighted by Crippen LogP contribution is -2.28. The minimum atomic E-state index is 0.0346. The van der Waals surface area contributed by atoms with Crippen LogP contribution in [-0.4, -0.2) is 39.5 Å². The summed E-state index contributed by atoms with van der Waals surface area (Å²) in [5.41, 5.74) is 2.40. The second-order valence-corrected chi connectivity index (χ2v) is 4.87. The molecule has 3 aromatic rings. The third kappa shape index (κ3) is 1.92. The maximum atomic E-state index is 12.5. The molecule has 19 heavy (non-hydrogen) atoms. The van der Waals surface area contributed by atoms with Crippen molar-refractivity contribution >= 4 is 16.7 Å². The molecule has 0 bridgehead atoms. The van der Waals surface area contributed by atoms with Crippen LogP contribution in [0.5, 0.6) is 0 Å². The molecular formula is C14H16N4O. The van der Waals surface area contributed by atoms with Crippen molar-refractivity contribution in [1.82, 2.24) is 18.9 Å². The predicted octanol–water partition coefficient (Wildman–Crippen LogP) is 1.21. The van der Waals surface area contributed by atoms with Crippen LogP contribution in [0.1, 0.15) is 0 Å². The van der Waals surface area contributed by atoms with Gasteiger partial charge in [-0.1, -0.05) is 0 Å². The first-order valence-electron chi connectivity index (χ1n) is 6.28. The van der Waals surface area contributed by atoms with Crippen LogP contribution in [0.2, 0.25) is 0 Å². The van der Waals surface area contributed by atoms with E-state index in [0.717, 1.165) is 17.7 Å². The first-order chi connectivity index (χ1) is 9.18. The number of aromatic nitrogens is 3. The van der Waals surface area contributed by atoms with Crippen molar-refractivity contribution in [2.45, 2.75) is 6.54 Å². The van der Waals surface area contributed by atoms with Gasteiger partial charge in [-0.15, -0.1) is 0 Å². The average molecular weight is 256 g/mol. The maximum Gasteiger partial charge on any atom is 0.275 e. The van der Waals surface area contributed by atoms with Crippen LogP contribution in [-0.2, 0) is 6.54 Å². The SMILES string of the molecule is CN(C)CCn1c(=O)c2cccn2c2ncccc21. The van der Waals surface area contributed by atoms with E-state index in [0.29, 0.717) is 12.1 Å². The molecular weight excluding hydrogens is 240 g/mol. The molecule has 3 heterocycles. The molecule has 0 aliphatic rings. The van der Waals surface area contributed by atoms with Gasteiger partial charge in [-0.05, 0) is 38.4 Å². The molecule has 0 unspecified atom stereocenters. The van der Waals surface area contributed by atoms with Gasteiger partial charge in [-0.3, -0.25) is 9.20 Å². The van der Waals surface area contributed by atoms with Gasteiger partial charge in [0.15, 0.2) is 5.65 Å². The van der Waals surface area contributed by atoms with Crippen LogP contribution >= 0.6 is 0 Å². The van der Waals surface area contributed by atoms with Gasteiger partial charge in [-0.2, -0.15) is 0 Å². The highest BCUT2D eigenvalue weighted by atomic mass is 16.1. The first kappa shape index (κ1) is 11.9. The van der Waals surface area contributed by atoms with Crippen LogP contribution in [0.25, 0.3) is 16.7 Å². The summed E-state index contributed by atoms with van der Waals surface area (Å²) in [6.07, 6.45) is 3.63. The Morgan fingerprint density at radius 1 is 1.21 bits per heavy atom. The van der Waals surface area contributed by atoms with E-state index in [9.17, 15) is 4.79 Å². The molecule has 0 amide bonds. The molecule has 98 valence electrons. The number of hydrogen-bond acceptors (Lipinski definition) is 3. The number of rotatable bonds is 3. The Labute approximate surface area is 110 Å². The molecule has 0 saturated heterocycles. The van der Waals surface area contributed by atoms with Crippen molar-refractivity contribution in [3.63, 3.8) is 0 Å². The zero-order valence-electron chi connectivity index (χ0n) is 11.1. The second kappa shape index (κ2) is 4.51. The van der Waals surface area contributed by atoms with E-state index in [1.807, 2.05) is 49.0 Å². The molecule has 3 rings (SSSR count). The molecule has 0 radical (unpaired) electrons. The van der Waals surface area contributed by atoms with Crippen molar-refractivity contribution in [2.75, 3.05) is 20.6 Å². The molecule has 0 atom stereocenters. The van der Waals surface area contributed by atoms with E-state index in [4.69, 9.17) is 0 Å². The summed E-state index contributed by atoms with van der Waals surface area (Å²) in [5, 5.41) is 0. The van der Waals surface area contributed by atoms with E-state index in [1.54, 1.807) is 10.8 Å². The minimum Gasteiger partial charge on any atom is -0.308 e. The molecule has 3 aromatic heterocycles. The predicted molar refractivity (Wildman–Crippen MR) is 75.5 cm³/mol. The molecule has 0 N–H and O–H groups in total. The highest BCUT2D eigenvalue weighted by Gasteiger charge is 2.10. The van der Waals surface area contributed by atoms with Gasteiger partial charge in [0.05, 0.1) is 5.52 Å². The Bertz CT molecular complexity index is 785. The van der Waals surface area contributed by atoms with Gasteiger partial charge in [0, 0.05) is 25.5 Å². The van der Waals surface area contributed by atoms with Crippen molar-refractivity contribution < 1.29 is 0 Å². The quantitative estimate of drug-likeness (QED) is 0.707. The van der Waals surface area contributed by atoms with Crippen molar-refractivity contribution in [3.8, 4) is 0 Å². The van der Waals surface area contributed by atoms with E-state index >= 15 is 0 Å². The van der Waals surface area contributed by atoms with Crippen molar-refractivity contribution in [2.24, 2.45) is 0 Å². The fourth-order valence-electron chi connectivity index (χ4n) is 2.29. The smallest absolute Gasteiger partial charge is 0.275 e. The lowest BCUT2D eigenvalue weighted by atomic mass is 10.3. The summed E-state index contributed by atoms with van der Waals surface area (Å²) in [6.45, 7) is 1.48. The Hall–Kier alpha value is -2.14. The number of hydrogen-bond donors (Lipinski definition) is 0. The number of fused-ring (bicyclic) bond motifs is 3. The summed E-state index contributed by atoms with van der Waals surface area (Å²) in [6, 6.07) is 7.52. The minimum absolute atomic E-state index is 0.0346. The summed E-state index contributed by atoms with van der Waals surface area (Å²) in [7, 11) is 4.00. The molecule has 0 fully saturated rings. The number of likely N-dealkylation sites (N-methyl/N-ethyl adjacent to an activating group) is 1. The fourth-order valence-corrected chi connectivity index (χ4v) is 2.29. The average Bonchev–Trinajstić information content (AvgIpc) is 2.88. The molecule has 5 heteroatoms. The monoisotopic (exact) mass is 256 g/mol. The van der Waals surface area contributed by atoms with Crippen molar-refractivity contribution in [1.29, 1.82) is 0 Å². The molecule has 0 spiro atoms. The summed E-state index contributed by atoms with van der Waals surface area (Å²) in [5.74, 6) is 0. The normalized spacial score (nSPS) is 11.7. The second-order valence-electron chi connectivity index (χ2n) is 4.87. The number of pyridine rings is 1. The fraction of sp³-hybridized carbons (Fsp3) is 0.286. The first-order valence-corrected chi connectivity index (χ1v) is 6.28. The Kier molecular flexibility index (Phi) is 2.83. The zero-order valence-corrected chi connectivity index (χ0v) is 11.1. The molecule has 5 nitrogen and oxygen atoms in total. The molecule has 0 aliphatic heterocycles. The Morgan fingerprint density at radius 2 is 2.00 bits per heavy atom. The zero-order chi connectivity index (χ0) is 13.4. The van der Waals surface area contributed by atoms with Gasteiger partial charge in [-0.25, -0.2) is 4.98 Å². The van der Waals surface area contributed by atoms with E-state index in [2.05, 4.69) is 9.88 Å². The van der Waals surface area contributed by atoms with Crippen molar-refractivity contribution in [3.05, 3.63) is 47.0 Å². The highest BCUT2D eigenvalue weighted by molar-refractivity contribution is 5.74. The lowest BCUT2D eigenvalue weighted by Gasteiger charge is -2.14. The van der Waals surface area contributed by atoms with E-state index in [-0.39, 0.29) is 5.56 Å². The van der Waals surface area contributed by atoms with Gasteiger partial charge in [0.1, 0.15) is 5.52 Å². The summed E-state index contributed by atoms with van der Waals surface area (Å²) >= 11 is 0.